The van der Waals surface area contributed by atoms with Gasteiger partial charge in [0.15, 0.2) is 0 Å². The molecule has 2 saturated heterocycles. The van der Waals surface area contributed by atoms with E-state index in [-0.39, 0.29) is 10.8 Å². The molecule has 0 aliphatic carbocycles. The summed E-state index contributed by atoms with van der Waals surface area (Å²) in [5, 5.41) is 3.31. The maximum Gasteiger partial charge on any atom is 0.249 e. The zero-order valence-electron chi connectivity index (χ0n) is 18.5. The van der Waals surface area contributed by atoms with E-state index >= 15 is 0 Å². The van der Waals surface area contributed by atoms with Gasteiger partial charge in [0.05, 0.1) is 7.11 Å². The minimum atomic E-state index is -3.69. The van der Waals surface area contributed by atoms with E-state index in [1.54, 1.807) is 18.2 Å². The predicted octanol–water partition coefficient (Wildman–Crippen LogP) is 3.65. The number of hydrogen-bond donors (Lipinski definition) is 1. The standard InChI is InChI=1S/C24H31N3O4S/c1-31-21-13-12-20(18-22(21)32(29,30)27-16-6-3-7-17-27)25-23(19-10-4-2-5-11-19)24(28)26-14-8-9-15-26/h2,4-5,10-13,18,23,25H,3,6-9,14-17H2,1H3. The Morgan fingerprint density at radius 2 is 1.59 bits per heavy atom. The van der Waals surface area contributed by atoms with Crippen molar-refractivity contribution in [3.8, 4) is 5.75 Å². The number of hydrogen-bond acceptors (Lipinski definition) is 5. The highest BCUT2D eigenvalue weighted by molar-refractivity contribution is 7.89. The Morgan fingerprint density at radius 1 is 0.938 bits per heavy atom. The lowest BCUT2D eigenvalue weighted by atomic mass is 10.1. The molecule has 2 heterocycles. The van der Waals surface area contributed by atoms with Crippen LogP contribution in [0.15, 0.2) is 53.4 Å². The van der Waals surface area contributed by atoms with Crippen LogP contribution in [0.25, 0.3) is 0 Å². The number of ether oxygens (including phenoxy) is 1. The van der Waals surface area contributed by atoms with Crippen molar-refractivity contribution < 1.29 is 17.9 Å². The zero-order valence-corrected chi connectivity index (χ0v) is 19.3. The number of nitrogens with zero attached hydrogens (tertiary/aromatic N) is 2. The molecule has 2 aromatic rings. The Balaban J connectivity index is 1.67. The summed E-state index contributed by atoms with van der Waals surface area (Å²) in [6.45, 7) is 2.54. The van der Waals surface area contributed by atoms with Crippen molar-refractivity contribution in [3.63, 3.8) is 0 Å². The number of methoxy groups -OCH3 is 1. The van der Waals surface area contributed by atoms with Crippen molar-refractivity contribution in [1.82, 2.24) is 9.21 Å². The van der Waals surface area contributed by atoms with Crippen LogP contribution < -0.4 is 10.1 Å². The molecule has 7 nitrogen and oxygen atoms in total. The van der Waals surface area contributed by atoms with Crippen LogP contribution in [0.3, 0.4) is 0 Å². The normalized spacial score (nSPS) is 18.3. The minimum absolute atomic E-state index is 0.00459. The molecule has 0 aromatic heterocycles. The first-order chi connectivity index (χ1) is 15.5. The number of benzene rings is 2. The zero-order chi connectivity index (χ0) is 22.6. The first-order valence-electron chi connectivity index (χ1n) is 11.3. The quantitative estimate of drug-likeness (QED) is 0.687. The summed E-state index contributed by atoms with van der Waals surface area (Å²) >= 11 is 0. The molecular weight excluding hydrogens is 426 g/mol. The van der Waals surface area contributed by atoms with E-state index in [9.17, 15) is 13.2 Å². The molecule has 8 heteroatoms. The fraction of sp³-hybridized carbons (Fsp3) is 0.458. The van der Waals surface area contributed by atoms with Crippen LogP contribution in [0.2, 0.25) is 0 Å². The second-order valence-electron chi connectivity index (χ2n) is 8.35. The maximum absolute atomic E-state index is 13.4. The monoisotopic (exact) mass is 457 g/mol. The number of anilines is 1. The van der Waals surface area contributed by atoms with Gasteiger partial charge < -0.3 is 15.0 Å². The highest BCUT2D eigenvalue weighted by atomic mass is 32.2. The van der Waals surface area contributed by atoms with E-state index in [4.69, 9.17) is 4.74 Å². The van der Waals surface area contributed by atoms with Crippen LogP contribution in [0, 0.1) is 0 Å². The molecule has 1 amide bonds. The predicted molar refractivity (Wildman–Crippen MR) is 124 cm³/mol. The van der Waals surface area contributed by atoms with Gasteiger partial charge in [0.1, 0.15) is 16.7 Å². The van der Waals surface area contributed by atoms with Crippen molar-refractivity contribution in [1.29, 1.82) is 0 Å². The van der Waals surface area contributed by atoms with Crippen LogP contribution in [-0.4, -0.2) is 56.8 Å². The summed E-state index contributed by atoms with van der Waals surface area (Å²) < 4.78 is 33.6. The number of rotatable bonds is 7. The van der Waals surface area contributed by atoms with Gasteiger partial charge in [-0.1, -0.05) is 36.8 Å². The van der Waals surface area contributed by atoms with Crippen LogP contribution in [0.5, 0.6) is 5.75 Å². The Kier molecular flexibility index (Phi) is 7.01. The van der Waals surface area contributed by atoms with Gasteiger partial charge >= 0.3 is 0 Å². The lowest BCUT2D eigenvalue weighted by Gasteiger charge is -2.28. The van der Waals surface area contributed by atoms with Crippen molar-refractivity contribution in [2.75, 3.05) is 38.6 Å². The Bertz CT molecular complexity index is 1030. The number of amides is 1. The van der Waals surface area contributed by atoms with Crippen molar-refractivity contribution >= 4 is 21.6 Å². The lowest BCUT2D eigenvalue weighted by Crippen LogP contribution is -2.36. The van der Waals surface area contributed by atoms with Crippen LogP contribution >= 0.6 is 0 Å². The fourth-order valence-corrected chi connectivity index (χ4v) is 6.13. The van der Waals surface area contributed by atoms with Crippen molar-refractivity contribution in [2.24, 2.45) is 0 Å². The maximum atomic E-state index is 13.4. The Hall–Kier alpha value is -2.58. The average molecular weight is 458 g/mol. The molecular formula is C24H31N3O4S. The molecule has 32 heavy (non-hydrogen) atoms. The SMILES string of the molecule is COc1ccc(NC(C(=O)N2CCCC2)c2ccccc2)cc1S(=O)(=O)N1CCCCC1. The van der Waals surface area contributed by atoms with E-state index < -0.39 is 16.1 Å². The summed E-state index contributed by atoms with van der Waals surface area (Å²) in [6.07, 6.45) is 4.78. The van der Waals surface area contributed by atoms with E-state index in [1.807, 2.05) is 35.2 Å². The van der Waals surface area contributed by atoms with Crippen LogP contribution in [0.1, 0.15) is 43.7 Å². The molecule has 2 aliphatic heterocycles. The number of carbonyl (C=O) groups excluding carboxylic acids is 1. The Labute approximate surface area is 190 Å². The van der Waals surface area contributed by atoms with Crippen LogP contribution in [0.4, 0.5) is 5.69 Å². The smallest absolute Gasteiger partial charge is 0.249 e. The number of carbonyl (C=O) groups is 1. The molecule has 2 aliphatic rings. The molecule has 1 N–H and O–H groups in total. The third-order valence-electron chi connectivity index (χ3n) is 6.21. The molecule has 0 radical (unpaired) electrons. The third-order valence-corrected chi connectivity index (χ3v) is 8.12. The van der Waals surface area contributed by atoms with Gasteiger partial charge in [-0.3, -0.25) is 4.79 Å². The lowest BCUT2D eigenvalue weighted by molar-refractivity contribution is -0.131. The molecule has 0 spiro atoms. The topological polar surface area (TPSA) is 79.0 Å². The van der Waals surface area contributed by atoms with Gasteiger partial charge in [-0.2, -0.15) is 4.31 Å². The summed E-state index contributed by atoms with van der Waals surface area (Å²) in [5.41, 5.74) is 1.42. The van der Waals surface area contributed by atoms with E-state index in [0.717, 1.165) is 50.8 Å². The number of piperidine rings is 1. The second-order valence-corrected chi connectivity index (χ2v) is 10.3. The number of likely N-dealkylation sites (tertiary alicyclic amines) is 1. The molecule has 4 rings (SSSR count). The van der Waals surface area contributed by atoms with Gasteiger partial charge in [0.2, 0.25) is 15.9 Å². The van der Waals surface area contributed by atoms with E-state index in [1.165, 1.54) is 11.4 Å². The highest BCUT2D eigenvalue weighted by Gasteiger charge is 2.31. The van der Waals surface area contributed by atoms with Crippen LogP contribution in [-0.2, 0) is 14.8 Å². The van der Waals surface area contributed by atoms with Gasteiger partial charge in [-0.05, 0) is 49.4 Å². The van der Waals surface area contributed by atoms with E-state index in [0.29, 0.717) is 24.5 Å². The molecule has 0 saturated carbocycles. The summed E-state index contributed by atoms with van der Waals surface area (Å²) in [5.74, 6) is 0.313. The largest absolute Gasteiger partial charge is 0.495 e. The number of sulfonamides is 1. The van der Waals surface area contributed by atoms with E-state index in [2.05, 4.69) is 5.32 Å². The molecule has 0 bridgehead atoms. The first kappa shape index (κ1) is 22.6. The average Bonchev–Trinajstić information content (AvgIpc) is 3.38. The third kappa shape index (κ3) is 4.76. The summed E-state index contributed by atoms with van der Waals surface area (Å²) in [4.78, 5) is 15.3. The van der Waals surface area contributed by atoms with Gasteiger partial charge in [0.25, 0.3) is 0 Å². The molecule has 172 valence electrons. The number of nitrogens with one attached hydrogen (secondary N) is 1. The molecule has 1 unspecified atom stereocenters. The second kappa shape index (κ2) is 9.92. The fourth-order valence-electron chi connectivity index (χ4n) is 4.43. The summed E-state index contributed by atoms with van der Waals surface area (Å²) in [7, 11) is -2.22. The van der Waals surface area contributed by atoms with Crippen molar-refractivity contribution in [3.05, 3.63) is 54.1 Å². The highest BCUT2D eigenvalue weighted by Crippen LogP contribution is 2.33. The van der Waals surface area contributed by atoms with Gasteiger partial charge in [0, 0.05) is 31.9 Å². The Morgan fingerprint density at radius 3 is 2.25 bits per heavy atom. The van der Waals surface area contributed by atoms with Gasteiger partial charge in [-0.15, -0.1) is 0 Å². The minimum Gasteiger partial charge on any atom is -0.495 e. The molecule has 2 aromatic carbocycles. The van der Waals surface area contributed by atoms with Gasteiger partial charge in [-0.25, -0.2) is 8.42 Å². The molecule has 2 fully saturated rings. The summed E-state index contributed by atoms with van der Waals surface area (Å²) in [6, 6.07) is 14.0. The molecule has 1 atom stereocenters. The first-order valence-corrected chi connectivity index (χ1v) is 12.7. The van der Waals surface area contributed by atoms with Crippen molar-refractivity contribution in [2.45, 2.75) is 43.0 Å².